The molecule has 0 aromatic heterocycles. The lowest BCUT2D eigenvalue weighted by molar-refractivity contribution is -0.136. The van der Waals surface area contributed by atoms with Crippen molar-refractivity contribution < 1.29 is 14.0 Å². The lowest BCUT2D eigenvalue weighted by Gasteiger charge is -2.38. The number of Topliss-reactive ketones (excluding diaryl/α,β-unsaturated/α-hetero) is 1. The van der Waals surface area contributed by atoms with Gasteiger partial charge in [0.15, 0.2) is 5.78 Å². The highest BCUT2D eigenvalue weighted by atomic mass is 35.5. The Kier molecular flexibility index (Phi) is 7.84. The zero-order chi connectivity index (χ0) is 17.0. The number of carbonyl (C=O) groups is 2. The van der Waals surface area contributed by atoms with Gasteiger partial charge in [-0.15, -0.1) is 12.4 Å². The minimum atomic E-state index is -0.472. The largest absolute Gasteiger partial charge is 0.338 e. The summed E-state index contributed by atoms with van der Waals surface area (Å²) in [5.41, 5.74) is 6.30. The Labute approximate surface area is 149 Å². The first-order valence-corrected chi connectivity index (χ1v) is 8.25. The van der Waals surface area contributed by atoms with Gasteiger partial charge in [-0.05, 0) is 38.3 Å². The summed E-state index contributed by atoms with van der Waals surface area (Å²) in [7, 11) is 0. The van der Waals surface area contributed by atoms with Crippen molar-refractivity contribution in [1.82, 2.24) is 4.90 Å². The van der Waals surface area contributed by atoms with E-state index >= 15 is 0 Å². The van der Waals surface area contributed by atoms with Crippen molar-refractivity contribution in [3.05, 3.63) is 35.6 Å². The van der Waals surface area contributed by atoms with Gasteiger partial charge in [0.2, 0.25) is 5.91 Å². The van der Waals surface area contributed by atoms with E-state index in [4.69, 9.17) is 5.73 Å². The molecule has 0 spiro atoms. The number of halogens is 2. The Morgan fingerprint density at radius 2 is 2.04 bits per heavy atom. The predicted molar refractivity (Wildman–Crippen MR) is 94.8 cm³/mol. The molecule has 1 heterocycles. The quantitative estimate of drug-likeness (QED) is 0.824. The zero-order valence-electron chi connectivity index (χ0n) is 14.2. The number of amides is 1. The molecule has 6 heteroatoms. The molecular formula is C18H26ClFN2O2. The van der Waals surface area contributed by atoms with Gasteiger partial charge in [-0.2, -0.15) is 0 Å². The van der Waals surface area contributed by atoms with E-state index in [0.29, 0.717) is 12.1 Å². The van der Waals surface area contributed by atoms with Crippen molar-refractivity contribution in [2.45, 2.75) is 51.6 Å². The second-order valence-electron chi connectivity index (χ2n) is 6.49. The number of piperidine rings is 1. The van der Waals surface area contributed by atoms with Crippen LogP contribution in [-0.4, -0.2) is 35.2 Å². The highest BCUT2D eigenvalue weighted by Gasteiger charge is 2.31. The van der Waals surface area contributed by atoms with Gasteiger partial charge in [-0.3, -0.25) is 9.59 Å². The van der Waals surface area contributed by atoms with Crippen LogP contribution in [-0.2, 0) is 4.79 Å². The van der Waals surface area contributed by atoms with Gasteiger partial charge in [-0.25, -0.2) is 4.39 Å². The van der Waals surface area contributed by atoms with E-state index in [1.165, 1.54) is 18.2 Å². The molecule has 1 fully saturated rings. The second kappa shape index (κ2) is 9.14. The Balaban J connectivity index is 0.00000288. The molecule has 0 aliphatic carbocycles. The number of nitrogens with two attached hydrogens (primary N) is 1. The molecule has 24 heavy (non-hydrogen) atoms. The van der Waals surface area contributed by atoms with Crippen LogP contribution in [0, 0.1) is 11.7 Å². The first-order valence-electron chi connectivity index (χ1n) is 8.25. The SMILES string of the molecule is CC(CC(=O)N1CCCCC1C(C)N)C(=O)c1cccc(F)c1.Cl. The van der Waals surface area contributed by atoms with Crippen molar-refractivity contribution in [1.29, 1.82) is 0 Å². The van der Waals surface area contributed by atoms with Gasteiger partial charge >= 0.3 is 0 Å². The maximum Gasteiger partial charge on any atom is 0.223 e. The molecule has 1 aliphatic rings. The highest BCUT2D eigenvalue weighted by molar-refractivity contribution is 5.99. The van der Waals surface area contributed by atoms with E-state index in [9.17, 15) is 14.0 Å². The lowest BCUT2D eigenvalue weighted by Crippen LogP contribution is -2.52. The van der Waals surface area contributed by atoms with Crippen molar-refractivity contribution in [2.75, 3.05) is 6.54 Å². The molecule has 134 valence electrons. The number of likely N-dealkylation sites (tertiary alicyclic amines) is 1. The molecule has 1 aromatic rings. The molecule has 3 unspecified atom stereocenters. The molecule has 0 bridgehead atoms. The minimum Gasteiger partial charge on any atom is -0.338 e. The average molecular weight is 357 g/mol. The van der Waals surface area contributed by atoms with Crippen LogP contribution in [0.2, 0.25) is 0 Å². The average Bonchev–Trinajstić information content (AvgIpc) is 2.53. The van der Waals surface area contributed by atoms with Gasteiger partial charge in [0.1, 0.15) is 5.82 Å². The number of carbonyl (C=O) groups excluding carboxylic acids is 2. The van der Waals surface area contributed by atoms with Crippen LogP contribution in [0.15, 0.2) is 24.3 Å². The van der Waals surface area contributed by atoms with E-state index in [-0.39, 0.29) is 42.6 Å². The molecular weight excluding hydrogens is 331 g/mol. The topological polar surface area (TPSA) is 63.4 Å². The summed E-state index contributed by atoms with van der Waals surface area (Å²) in [6.07, 6.45) is 3.10. The van der Waals surface area contributed by atoms with Crippen LogP contribution in [0.1, 0.15) is 49.9 Å². The third-order valence-corrected chi connectivity index (χ3v) is 4.51. The van der Waals surface area contributed by atoms with Crippen LogP contribution < -0.4 is 5.73 Å². The summed E-state index contributed by atoms with van der Waals surface area (Å²) in [6, 6.07) is 5.58. The maximum absolute atomic E-state index is 13.2. The molecule has 1 saturated heterocycles. The van der Waals surface area contributed by atoms with E-state index in [0.717, 1.165) is 19.3 Å². The maximum atomic E-state index is 13.2. The molecule has 1 aromatic carbocycles. The molecule has 2 rings (SSSR count). The Morgan fingerprint density at radius 1 is 1.33 bits per heavy atom. The summed E-state index contributed by atoms with van der Waals surface area (Å²) >= 11 is 0. The number of hydrogen-bond donors (Lipinski definition) is 1. The number of hydrogen-bond acceptors (Lipinski definition) is 3. The van der Waals surface area contributed by atoms with E-state index < -0.39 is 11.7 Å². The van der Waals surface area contributed by atoms with E-state index in [1.54, 1.807) is 13.0 Å². The Morgan fingerprint density at radius 3 is 2.67 bits per heavy atom. The lowest BCUT2D eigenvalue weighted by atomic mass is 9.93. The molecule has 1 amide bonds. The van der Waals surface area contributed by atoms with Crippen molar-refractivity contribution in [3.63, 3.8) is 0 Å². The third kappa shape index (κ3) is 5.02. The monoisotopic (exact) mass is 356 g/mol. The fourth-order valence-electron chi connectivity index (χ4n) is 3.21. The molecule has 4 nitrogen and oxygen atoms in total. The molecule has 1 aliphatic heterocycles. The van der Waals surface area contributed by atoms with Crippen LogP contribution in [0.5, 0.6) is 0 Å². The summed E-state index contributed by atoms with van der Waals surface area (Å²) < 4.78 is 13.2. The van der Waals surface area contributed by atoms with E-state index in [1.807, 2.05) is 11.8 Å². The van der Waals surface area contributed by atoms with Gasteiger partial charge in [0.25, 0.3) is 0 Å². The Bertz CT molecular complexity index is 580. The number of rotatable bonds is 5. The summed E-state index contributed by atoms with van der Waals surface area (Å²) in [5, 5.41) is 0. The zero-order valence-corrected chi connectivity index (χ0v) is 15.0. The second-order valence-corrected chi connectivity index (χ2v) is 6.49. The molecule has 3 atom stereocenters. The smallest absolute Gasteiger partial charge is 0.223 e. The predicted octanol–water partition coefficient (Wildman–Crippen LogP) is 3.18. The van der Waals surface area contributed by atoms with Crippen molar-refractivity contribution >= 4 is 24.1 Å². The van der Waals surface area contributed by atoms with Crippen LogP contribution in [0.4, 0.5) is 4.39 Å². The van der Waals surface area contributed by atoms with Crippen molar-refractivity contribution in [3.8, 4) is 0 Å². The standard InChI is InChI=1S/C18H25FN2O2.ClH/c1-12(18(23)14-6-5-7-15(19)11-14)10-17(22)21-9-4-3-8-16(21)13(2)20;/h5-7,11-13,16H,3-4,8-10,20H2,1-2H3;1H. The first kappa shape index (κ1) is 20.6. The molecule has 2 N–H and O–H groups in total. The third-order valence-electron chi connectivity index (χ3n) is 4.51. The minimum absolute atomic E-state index is 0. The number of nitrogens with zero attached hydrogens (tertiary/aromatic N) is 1. The Hall–Kier alpha value is -1.46. The van der Waals surface area contributed by atoms with Gasteiger partial charge in [0, 0.05) is 36.5 Å². The van der Waals surface area contributed by atoms with Crippen LogP contribution in [0.25, 0.3) is 0 Å². The van der Waals surface area contributed by atoms with Crippen molar-refractivity contribution in [2.24, 2.45) is 11.7 Å². The molecule has 0 radical (unpaired) electrons. The summed E-state index contributed by atoms with van der Waals surface area (Å²) in [6.45, 7) is 4.33. The normalized spacial score (nSPS) is 20.0. The van der Waals surface area contributed by atoms with Crippen LogP contribution in [0.3, 0.4) is 0 Å². The first-order chi connectivity index (χ1) is 10.9. The van der Waals surface area contributed by atoms with E-state index in [2.05, 4.69) is 0 Å². The van der Waals surface area contributed by atoms with Gasteiger partial charge < -0.3 is 10.6 Å². The highest BCUT2D eigenvalue weighted by Crippen LogP contribution is 2.22. The summed E-state index contributed by atoms with van der Waals surface area (Å²) in [5.74, 6) is -1.15. The molecule has 0 saturated carbocycles. The number of benzene rings is 1. The number of ketones is 1. The fourth-order valence-corrected chi connectivity index (χ4v) is 3.21. The van der Waals surface area contributed by atoms with Crippen LogP contribution >= 0.6 is 12.4 Å². The van der Waals surface area contributed by atoms with Gasteiger partial charge in [-0.1, -0.05) is 19.1 Å². The summed E-state index contributed by atoms with van der Waals surface area (Å²) in [4.78, 5) is 26.8. The van der Waals surface area contributed by atoms with Gasteiger partial charge in [0.05, 0.1) is 0 Å². The fraction of sp³-hybridized carbons (Fsp3) is 0.556.